The Morgan fingerprint density at radius 3 is 2.39 bits per heavy atom. The Morgan fingerprint density at radius 2 is 1.70 bits per heavy atom. The van der Waals surface area contributed by atoms with Gasteiger partial charge < -0.3 is 20.7 Å². The highest BCUT2D eigenvalue weighted by Gasteiger charge is 2.18. The van der Waals surface area contributed by atoms with Crippen molar-refractivity contribution in [1.82, 2.24) is 4.90 Å². The normalized spacial score (nSPS) is 10.5. The lowest BCUT2D eigenvalue weighted by molar-refractivity contribution is 0.0741. The van der Waals surface area contributed by atoms with Crippen LogP contribution in [0.15, 0.2) is 66.7 Å². The first-order chi connectivity index (χ1) is 15.9. The van der Waals surface area contributed by atoms with E-state index in [-0.39, 0.29) is 18.0 Å². The summed E-state index contributed by atoms with van der Waals surface area (Å²) >= 11 is 0. The second-order valence-electron chi connectivity index (χ2n) is 7.41. The highest BCUT2D eigenvalue weighted by atomic mass is 19.1. The van der Waals surface area contributed by atoms with Gasteiger partial charge in [0.05, 0.1) is 7.11 Å². The zero-order valence-corrected chi connectivity index (χ0v) is 18.2. The predicted octanol–water partition coefficient (Wildman–Crippen LogP) is 4.22. The Morgan fingerprint density at radius 1 is 0.970 bits per heavy atom. The maximum Gasteiger partial charge on any atom is 0.255 e. The maximum absolute atomic E-state index is 13.6. The number of methoxy groups -OCH3 is 1. The van der Waals surface area contributed by atoms with Crippen molar-refractivity contribution in [1.29, 1.82) is 0 Å². The second kappa shape index (κ2) is 11.2. The van der Waals surface area contributed by atoms with Gasteiger partial charge in [-0.25, -0.2) is 8.78 Å². The van der Waals surface area contributed by atoms with Gasteiger partial charge in [0.1, 0.15) is 17.4 Å². The van der Waals surface area contributed by atoms with Crippen molar-refractivity contribution >= 4 is 17.5 Å². The van der Waals surface area contributed by atoms with Crippen LogP contribution in [0.1, 0.15) is 32.7 Å². The van der Waals surface area contributed by atoms with Gasteiger partial charge >= 0.3 is 0 Å². The van der Waals surface area contributed by atoms with Gasteiger partial charge in [0.25, 0.3) is 11.8 Å². The SMILES string of the molecule is COc1cccc(C(=O)Nc2cccc(CN(CCCN)C(=O)c3cc(F)cc(F)c3)c2)c1. The number of carbonyl (C=O) groups excluding carboxylic acids is 2. The molecule has 172 valence electrons. The fourth-order valence-corrected chi connectivity index (χ4v) is 3.33. The third-order valence-corrected chi connectivity index (χ3v) is 4.92. The van der Waals surface area contributed by atoms with E-state index >= 15 is 0 Å². The molecule has 0 radical (unpaired) electrons. The average Bonchev–Trinajstić information content (AvgIpc) is 2.81. The van der Waals surface area contributed by atoms with Gasteiger partial charge in [0, 0.05) is 36.0 Å². The van der Waals surface area contributed by atoms with Crippen molar-refractivity contribution in [2.75, 3.05) is 25.5 Å². The number of nitrogens with zero attached hydrogens (tertiary/aromatic N) is 1. The molecule has 0 aliphatic rings. The Kier molecular flexibility index (Phi) is 8.10. The van der Waals surface area contributed by atoms with Crippen molar-refractivity contribution in [2.24, 2.45) is 5.73 Å². The minimum atomic E-state index is -0.820. The van der Waals surface area contributed by atoms with Crippen molar-refractivity contribution in [3.05, 3.63) is 95.1 Å². The third kappa shape index (κ3) is 6.60. The molecule has 2 amide bonds. The summed E-state index contributed by atoms with van der Waals surface area (Å²) in [7, 11) is 1.52. The molecule has 0 bridgehead atoms. The average molecular weight is 453 g/mol. The number of rotatable bonds is 9. The molecule has 0 heterocycles. The smallest absolute Gasteiger partial charge is 0.255 e. The van der Waals surface area contributed by atoms with Gasteiger partial charge in [-0.15, -0.1) is 0 Å². The summed E-state index contributed by atoms with van der Waals surface area (Å²) in [5.74, 6) is -1.89. The summed E-state index contributed by atoms with van der Waals surface area (Å²) in [6.07, 6.45) is 0.524. The van der Waals surface area contributed by atoms with Crippen LogP contribution >= 0.6 is 0 Å². The van der Waals surface area contributed by atoms with Gasteiger partial charge in [-0.3, -0.25) is 9.59 Å². The van der Waals surface area contributed by atoms with Crippen LogP contribution in [-0.4, -0.2) is 36.9 Å². The molecular formula is C25H25F2N3O3. The maximum atomic E-state index is 13.6. The van der Waals surface area contributed by atoms with E-state index in [2.05, 4.69) is 5.32 Å². The Bertz CT molecular complexity index is 1120. The summed E-state index contributed by atoms with van der Waals surface area (Å²) in [5, 5.41) is 2.83. The highest BCUT2D eigenvalue weighted by molar-refractivity contribution is 6.04. The first kappa shape index (κ1) is 23.9. The molecule has 0 spiro atoms. The van der Waals surface area contributed by atoms with Gasteiger partial charge in [-0.1, -0.05) is 18.2 Å². The van der Waals surface area contributed by atoms with Crippen molar-refractivity contribution in [2.45, 2.75) is 13.0 Å². The largest absolute Gasteiger partial charge is 0.497 e. The zero-order chi connectivity index (χ0) is 23.8. The van der Waals surface area contributed by atoms with Crippen LogP contribution in [-0.2, 0) is 6.54 Å². The number of amides is 2. The summed E-state index contributed by atoms with van der Waals surface area (Å²) in [6, 6.07) is 16.5. The van der Waals surface area contributed by atoms with E-state index in [0.29, 0.717) is 36.5 Å². The standard InChI is InChI=1S/C25H25F2N3O3/c1-33-23-8-3-6-18(14-23)24(31)29-22-7-2-5-17(11-22)16-30(10-4-9-28)25(32)19-12-20(26)15-21(27)13-19/h2-3,5-8,11-15H,4,9-10,16,28H2,1H3,(H,29,31). The summed E-state index contributed by atoms with van der Waals surface area (Å²) in [5.41, 5.74) is 7.24. The fourth-order valence-electron chi connectivity index (χ4n) is 3.33. The monoisotopic (exact) mass is 453 g/mol. The lowest BCUT2D eigenvalue weighted by Gasteiger charge is -2.23. The van der Waals surface area contributed by atoms with Crippen LogP contribution in [0.4, 0.5) is 14.5 Å². The Labute approximate surface area is 191 Å². The number of carbonyl (C=O) groups is 2. The molecular weight excluding hydrogens is 428 g/mol. The van der Waals surface area contributed by atoms with Crippen LogP contribution in [0, 0.1) is 11.6 Å². The number of ether oxygens (including phenoxy) is 1. The van der Waals surface area contributed by atoms with Gasteiger partial charge in [-0.2, -0.15) is 0 Å². The summed E-state index contributed by atoms with van der Waals surface area (Å²) in [6.45, 7) is 0.853. The van der Waals surface area contributed by atoms with Gasteiger partial charge in [0.2, 0.25) is 0 Å². The Balaban J connectivity index is 1.77. The first-order valence-electron chi connectivity index (χ1n) is 10.4. The van der Waals surface area contributed by atoms with E-state index in [1.165, 1.54) is 12.0 Å². The summed E-state index contributed by atoms with van der Waals surface area (Å²) < 4.78 is 32.4. The van der Waals surface area contributed by atoms with E-state index < -0.39 is 17.5 Å². The van der Waals surface area contributed by atoms with Crippen LogP contribution in [0.5, 0.6) is 5.75 Å². The van der Waals surface area contributed by atoms with Crippen LogP contribution in [0.25, 0.3) is 0 Å². The van der Waals surface area contributed by atoms with E-state index in [4.69, 9.17) is 10.5 Å². The van der Waals surface area contributed by atoms with Gasteiger partial charge in [-0.05, 0) is 61.0 Å². The lowest BCUT2D eigenvalue weighted by Crippen LogP contribution is -2.32. The molecule has 0 fully saturated rings. The molecule has 8 heteroatoms. The van der Waals surface area contributed by atoms with Crippen molar-refractivity contribution in [3.63, 3.8) is 0 Å². The predicted molar refractivity (Wildman–Crippen MR) is 122 cm³/mol. The van der Waals surface area contributed by atoms with Crippen molar-refractivity contribution < 1.29 is 23.1 Å². The number of halogens is 2. The molecule has 3 aromatic carbocycles. The van der Waals surface area contributed by atoms with Crippen LogP contribution in [0.2, 0.25) is 0 Å². The molecule has 6 nitrogen and oxygen atoms in total. The lowest BCUT2D eigenvalue weighted by atomic mass is 10.1. The van der Waals surface area contributed by atoms with E-state index in [0.717, 1.165) is 23.8 Å². The molecule has 0 atom stereocenters. The van der Waals surface area contributed by atoms with E-state index in [1.807, 2.05) is 0 Å². The number of nitrogens with two attached hydrogens (primary N) is 1. The minimum Gasteiger partial charge on any atom is -0.497 e. The molecule has 3 N–H and O–H groups in total. The first-order valence-corrected chi connectivity index (χ1v) is 10.4. The number of anilines is 1. The van der Waals surface area contributed by atoms with Gasteiger partial charge in [0.15, 0.2) is 0 Å². The minimum absolute atomic E-state index is 0.0768. The quantitative estimate of drug-likeness (QED) is 0.508. The number of hydrogen-bond donors (Lipinski definition) is 2. The molecule has 0 aliphatic heterocycles. The van der Waals surface area contributed by atoms with Crippen LogP contribution < -0.4 is 15.8 Å². The molecule has 0 saturated heterocycles. The second-order valence-corrected chi connectivity index (χ2v) is 7.41. The topological polar surface area (TPSA) is 84.7 Å². The molecule has 0 aliphatic carbocycles. The zero-order valence-electron chi connectivity index (χ0n) is 18.2. The van der Waals surface area contributed by atoms with Crippen LogP contribution in [0.3, 0.4) is 0 Å². The highest BCUT2D eigenvalue weighted by Crippen LogP contribution is 2.18. The molecule has 3 rings (SSSR count). The Hall–Kier alpha value is -3.78. The number of hydrogen-bond acceptors (Lipinski definition) is 4. The molecule has 3 aromatic rings. The number of benzene rings is 3. The van der Waals surface area contributed by atoms with Crippen molar-refractivity contribution in [3.8, 4) is 5.75 Å². The van der Waals surface area contributed by atoms with E-state index in [1.54, 1.807) is 48.5 Å². The van der Waals surface area contributed by atoms with E-state index in [9.17, 15) is 18.4 Å². The number of nitrogens with one attached hydrogen (secondary N) is 1. The molecule has 0 aromatic heterocycles. The molecule has 33 heavy (non-hydrogen) atoms. The fraction of sp³-hybridized carbons (Fsp3) is 0.200. The third-order valence-electron chi connectivity index (χ3n) is 4.92. The summed E-state index contributed by atoms with van der Waals surface area (Å²) in [4.78, 5) is 27.0. The molecule has 0 saturated carbocycles. The molecule has 0 unspecified atom stereocenters.